The normalized spacial score (nSPS) is 16.4. The molecule has 27 heavy (non-hydrogen) atoms. The van der Waals surface area contributed by atoms with Crippen molar-refractivity contribution in [1.29, 1.82) is 0 Å². The van der Waals surface area contributed by atoms with Crippen LogP contribution >= 0.6 is 12.4 Å². The Labute approximate surface area is 162 Å². The van der Waals surface area contributed by atoms with Crippen LogP contribution < -0.4 is 11.1 Å². The Balaban J connectivity index is 0.00000364. The molecule has 0 aromatic heterocycles. The number of nitrogens with one attached hydrogen (secondary N) is 1. The van der Waals surface area contributed by atoms with Crippen LogP contribution in [0, 0.1) is 17.6 Å². The first-order valence-electron chi connectivity index (χ1n) is 8.66. The molecule has 1 fully saturated rings. The van der Waals surface area contributed by atoms with E-state index in [4.69, 9.17) is 5.73 Å². The number of likely N-dealkylation sites (tertiary alicyclic amines) is 1. The van der Waals surface area contributed by atoms with Gasteiger partial charge in [0, 0.05) is 45.1 Å². The summed E-state index contributed by atoms with van der Waals surface area (Å²) in [5.41, 5.74) is 5.13. The molecule has 1 unspecified atom stereocenters. The number of halogens is 3. The summed E-state index contributed by atoms with van der Waals surface area (Å²) >= 11 is 0. The Morgan fingerprint density at radius 3 is 2.63 bits per heavy atom. The number of piperidine rings is 1. The van der Waals surface area contributed by atoms with E-state index in [2.05, 4.69) is 5.32 Å². The Kier molecular flexibility index (Phi) is 9.31. The molecule has 150 valence electrons. The van der Waals surface area contributed by atoms with Crippen molar-refractivity contribution in [3.8, 4) is 0 Å². The molecule has 2 amide bonds. The molecule has 0 radical (unpaired) electrons. The first kappa shape index (κ1) is 23.0. The van der Waals surface area contributed by atoms with E-state index in [9.17, 15) is 23.2 Å². The Bertz CT molecular complexity index is 688. The molecule has 6 nitrogen and oxygen atoms in total. The van der Waals surface area contributed by atoms with Crippen molar-refractivity contribution in [2.45, 2.75) is 25.7 Å². The molecule has 1 atom stereocenters. The molecule has 2 rings (SSSR count). The summed E-state index contributed by atoms with van der Waals surface area (Å²) in [4.78, 5) is 37.9. The van der Waals surface area contributed by atoms with Crippen molar-refractivity contribution in [2.75, 3.05) is 26.2 Å². The molecule has 1 aromatic carbocycles. The van der Waals surface area contributed by atoms with E-state index in [1.807, 2.05) is 0 Å². The van der Waals surface area contributed by atoms with Gasteiger partial charge in [-0.25, -0.2) is 8.78 Å². The fraction of sp³-hybridized carbons (Fsp3) is 0.500. The second-order valence-corrected chi connectivity index (χ2v) is 6.31. The van der Waals surface area contributed by atoms with Crippen molar-refractivity contribution in [3.63, 3.8) is 0 Å². The molecule has 9 heteroatoms. The third-order valence-electron chi connectivity index (χ3n) is 4.39. The molecule has 1 heterocycles. The van der Waals surface area contributed by atoms with Gasteiger partial charge in [-0.1, -0.05) is 0 Å². The summed E-state index contributed by atoms with van der Waals surface area (Å²) in [6.45, 7) is 1.57. The minimum absolute atomic E-state index is 0. The summed E-state index contributed by atoms with van der Waals surface area (Å²) < 4.78 is 26.5. The third-order valence-corrected chi connectivity index (χ3v) is 4.39. The summed E-state index contributed by atoms with van der Waals surface area (Å²) in [5, 5.41) is 2.72. The lowest BCUT2D eigenvalue weighted by atomic mass is 9.96. The zero-order chi connectivity index (χ0) is 19.1. The largest absolute Gasteiger partial charge is 0.355 e. The van der Waals surface area contributed by atoms with Crippen LogP contribution in [0.2, 0.25) is 0 Å². The van der Waals surface area contributed by atoms with Gasteiger partial charge in [-0.3, -0.25) is 14.4 Å². The maximum absolute atomic E-state index is 13.6. The quantitative estimate of drug-likeness (QED) is 0.677. The monoisotopic (exact) mass is 403 g/mol. The van der Waals surface area contributed by atoms with Crippen LogP contribution in [0.25, 0.3) is 0 Å². The van der Waals surface area contributed by atoms with Gasteiger partial charge in [0.25, 0.3) is 0 Å². The van der Waals surface area contributed by atoms with Crippen LogP contribution in [0.15, 0.2) is 18.2 Å². The lowest BCUT2D eigenvalue weighted by Gasteiger charge is -2.32. The van der Waals surface area contributed by atoms with E-state index >= 15 is 0 Å². The number of carbonyl (C=O) groups is 3. The number of amides is 2. The Morgan fingerprint density at radius 2 is 1.96 bits per heavy atom. The maximum atomic E-state index is 13.6. The van der Waals surface area contributed by atoms with Crippen LogP contribution in [0.5, 0.6) is 0 Å². The second-order valence-electron chi connectivity index (χ2n) is 6.31. The Hall–Kier alpha value is -2.06. The zero-order valence-corrected chi connectivity index (χ0v) is 15.7. The number of Topliss-reactive ketones (excluding diaryl/α,β-unsaturated/α-hetero) is 1. The molecule has 0 saturated carbocycles. The van der Waals surface area contributed by atoms with E-state index in [0.29, 0.717) is 45.1 Å². The van der Waals surface area contributed by atoms with E-state index in [1.54, 1.807) is 4.90 Å². The topological polar surface area (TPSA) is 92.5 Å². The molecular formula is C18H24ClF2N3O3. The van der Waals surface area contributed by atoms with Gasteiger partial charge in [0.1, 0.15) is 11.6 Å². The molecule has 1 saturated heterocycles. The standard InChI is InChI=1S/C18H23F2N3O3.ClH/c19-13-3-4-14(15(20)10-13)16(24)5-6-17(25)23-9-1-2-12(11-23)18(26)22-8-7-21;/h3-4,10,12H,1-2,5-9,11,21H2,(H,22,26);1H. The average molecular weight is 404 g/mol. The molecular weight excluding hydrogens is 380 g/mol. The van der Waals surface area contributed by atoms with Gasteiger partial charge in [-0.15, -0.1) is 12.4 Å². The minimum atomic E-state index is -0.933. The van der Waals surface area contributed by atoms with Gasteiger partial charge in [-0.2, -0.15) is 0 Å². The lowest BCUT2D eigenvalue weighted by Crippen LogP contribution is -2.46. The number of nitrogens with zero attached hydrogens (tertiary/aromatic N) is 1. The molecule has 1 aliphatic heterocycles. The second kappa shape index (κ2) is 10.9. The van der Waals surface area contributed by atoms with Crippen molar-refractivity contribution >= 4 is 30.0 Å². The smallest absolute Gasteiger partial charge is 0.224 e. The van der Waals surface area contributed by atoms with Crippen LogP contribution in [0.4, 0.5) is 8.78 Å². The fourth-order valence-corrected chi connectivity index (χ4v) is 2.99. The summed E-state index contributed by atoms with van der Waals surface area (Å²) in [6, 6.07) is 2.73. The first-order chi connectivity index (χ1) is 12.4. The van der Waals surface area contributed by atoms with Gasteiger partial charge in [-0.05, 0) is 25.0 Å². The molecule has 0 aliphatic carbocycles. The number of hydrogen-bond acceptors (Lipinski definition) is 4. The van der Waals surface area contributed by atoms with Crippen LogP contribution in [-0.2, 0) is 9.59 Å². The average Bonchev–Trinajstić information content (AvgIpc) is 2.64. The van der Waals surface area contributed by atoms with Crippen LogP contribution in [0.1, 0.15) is 36.0 Å². The highest BCUT2D eigenvalue weighted by Gasteiger charge is 2.28. The zero-order valence-electron chi connectivity index (χ0n) is 14.9. The highest BCUT2D eigenvalue weighted by Crippen LogP contribution is 2.19. The highest BCUT2D eigenvalue weighted by atomic mass is 35.5. The molecule has 1 aliphatic rings. The molecule has 1 aromatic rings. The van der Waals surface area contributed by atoms with Crippen molar-refractivity contribution in [3.05, 3.63) is 35.4 Å². The van der Waals surface area contributed by atoms with Crippen molar-refractivity contribution < 1.29 is 23.2 Å². The lowest BCUT2D eigenvalue weighted by molar-refractivity contribution is -0.135. The maximum Gasteiger partial charge on any atom is 0.224 e. The van der Waals surface area contributed by atoms with Gasteiger partial charge in [0.05, 0.1) is 11.5 Å². The minimum Gasteiger partial charge on any atom is -0.355 e. The number of nitrogens with two attached hydrogens (primary N) is 1. The molecule has 0 bridgehead atoms. The SMILES string of the molecule is Cl.NCCNC(=O)C1CCCN(C(=O)CCC(=O)c2ccc(F)cc2F)C1. The van der Waals surface area contributed by atoms with E-state index in [-0.39, 0.29) is 48.5 Å². The van der Waals surface area contributed by atoms with Crippen LogP contribution in [0.3, 0.4) is 0 Å². The van der Waals surface area contributed by atoms with E-state index in [1.165, 1.54) is 0 Å². The van der Waals surface area contributed by atoms with E-state index in [0.717, 1.165) is 12.1 Å². The Morgan fingerprint density at radius 1 is 1.22 bits per heavy atom. The van der Waals surface area contributed by atoms with Crippen molar-refractivity contribution in [2.24, 2.45) is 11.7 Å². The van der Waals surface area contributed by atoms with Gasteiger partial charge < -0.3 is 16.0 Å². The number of rotatable bonds is 7. The first-order valence-corrected chi connectivity index (χ1v) is 8.66. The summed E-state index contributed by atoms with van der Waals surface area (Å²) in [6.07, 6.45) is 1.15. The predicted molar refractivity (Wildman–Crippen MR) is 98.5 cm³/mol. The molecule has 3 N–H and O–H groups in total. The van der Waals surface area contributed by atoms with Gasteiger partial charge in [0.2, 0.25) is 11.8 Å². The number of carbonyl (C=O) groups excluding carboxylic acids is 3. The summed E-state index contributed by atoms with van der Waals surface area (Å²) in [5.74, 6) is -2.91. The van der Waals surface area contributed by atoms with Crippen LogP contribution in [-0.4, -0.2) is 48.7 Å². The number of ketones is 1. The van der Waals surface area contributed by atoms with E-state index < -0.39 is 17.4 Å². The summed E-state index contributed by atoms with van der Waals surface area (Å²) in [7, 11) is 0. The fourth-order valence-electron chi connectivity index (χ4n) is 2.99. The highest BCUT2D eigenvalue weighted by molar-refractivity contribution is 5.98. The van der Waals surface area contributed by atoms with Gasteiger partial charge >= 0.3 is 0 Å². The molecule has 0 spiro atoms. The predicted octanol–water partition coefficient (Wildman–Crippen LogP) is 1.66. The number of benzene rings is 1. The van der Waals surface area contributed by atoms with Crippen molar-refractivity contribution in [1.82, 2.24) is 10.2 Å². The van der Waals surface area contributed by atoms with Gasteiger partial charge in [0.15, 0.2) is 5.78 Å². The number of hydrogen-bond donors (Lipinski definition) is 2. The third kappa shape index (κ3) is 6.55.